The molecule has 0 unspecified atom stereocenters. The van der Waals surface area contributed by atoms with Crippen molar-refractivity contribution in [2.24, 2.45) is 0 Å². The van der Waals surface area contributed by atoms with Crippen LogP contribution in [0, 0.1) is 0 Å². The summed E-state index contributed by atoms with van der Waals surface area (Å²) in [5, 5.41) is 1.49. The first-order valence-electron chi connectivity index (χ1n) is 7.01. The molecule has 1 aliphatic carbocycles. The number of aromatic amines is 1. The van der Waals surface area contributed by atoms with Crippen molar-refractivity contribution in [3.8, 4) is 0 Å². The number of H-pyrrole nitrogens is 1. The van der Waals surface area contributed by atoms with Gasteiger partial charge in [-0.25, -0.2) is 0 Å². The van der Waals surface area contributed by atoms with Crippen LogP contribution in [0.1, 0.15) is 49.4 Å². The van der Waals surface area contributed by atoms with E-state index in [1.807, 2.05) is 0 Å². The molecule has 0 saturated carbocycles. The van der Waals surface area contributed by atoms with Gasteiger partial charge in [-0.05, 0) is 61.8 Å². The van der Waals surface area contributed by atoms with Crippen LogP contribution in [-0.2, 0) is 19.3 Å². The normalized spacial score (nSPS) is 15.1. The third kappa shape index (κ3) is 1.99. The highest BCUT2D eigenvalue weighted by Gasteiger charge is 2.15. The van der Waals surface area contributed by atoms with Crippen molar-refractivity contribution in [1.29, 1.82) is 0 Å². The third-order valence-corrected chi connectivity index (χ3v) is 3.98. The lowest BCUT2D eigenvalue weighted by molar-refractivity contribution is 0.680. The van der Waals surface area contributed by atoms with Gasteiger partial charge in [0.2, 0.25) is 0 Å². The molecule has 2 aromatic rings. The number of rotatable bonds is 3. The largest absolute Gasteiger partial charge is 0.358 e. The maximum Gasteiger partial charge on any atom is 0.0459 e. The van der Waals surface area contributed by atoms with Crippen molar-refractivity contribution in [3.05, 3.63) is 35.0 Å². The molecule has 1 heteroatoms. The molecule has 1 nitrogen and oxygen atoms in total. The minimum atomic E-state index is 1.23. The van der Waals surface area contributed by atoms with Gasteiger partial charge < -0.3 is 4.98 Å². The Morgan fingerprint density at radius 3 is 2.94 bits per heavy atom. The number of hydrogen-bond acceptors (Lipinski definition) is 0. The van der Waals surface area contributed by atoms with E-state index in [-0.39, 0.29) is 0 Å². The van der Waals surface area contributed by atoms with Crippen molar-refractivity contribution >= 4 is 10.9 Å². The Balaban J connectivity index is 2.02. The Hall–Kier alpha value is -1.24. The van der Waals surface area contributed by atoms with Crippen LogP contribution in [0.25, 0.3) is 10.9 Å². The van der Waals surface area contributed by atoms with Gasteiger partial charge in [0.15, 0.2) is 0 Å². The van der Waals surface area contributed by atoms with Crippen LogP contribution in [0.4, 0.5) is 0 Å². The van der Waals surface area contributed by atoms with Crippen molar-refractivity contribution in [2.45, 2.75) is 51.9 Å². The second-order valence-electron chi connectivity index (χ2n) is 5.27. The number of fused-ring (bicyclic) bond motifs is 3. The molecule has 17 heavy (non-hydrogen) atoms. The number of unbranched alkanes of at least 4 members (excludes halogenated alkanes) is 1. The molecule has 0 fully saturated rings. The van der Waals surface area contributed by atoms with Crippen LogP contribution in [0.3, 0.4) is 0 Å². The van der Waals surface area contributed by atoms with E-state index in [1.54, 1.807) is 5.56 Å². The van der Waals surface area contributed by atoms with Gasteiger partial charge in [0.25, 0.3) is 0 Å². The van der Waals surface area contributed by atoms with Crippen LogP contribution in [-0.4, -0.2) is 4.98 Å². The molecule has 0 spiro atoms. The molecule has 0 atom stereocenters. The summed E-state index contributed by atoms with van der Waals surface area (Å²) >= 11 is 0. The summed E-state index contributed by atoms with van der Waals surface area (Å²) in [7, 11) is 0. The van der Waals surface area contributed by atoms with Crippen molar-refractivity contribution in [3.63, 3.8) is 0 Å². The molecule has 1 aromatic carbocycles. The standard InChI is InChI=1S/C16H21N/c1-2-3-6-12-9-10-16-14(11-12)13-7-4-5-8-15(13)17-16/h9-11,17H,2-8H2,1H3. The third-order valence-electron chi connectivity index (χ3n) is 3.98. The van der Waals surface area contributed by atoms with Crippen molar-refractivity contribution < 1.29 is 0 Å². The molecule has 90 valence electrons. The molecule has 1 aliphatic rings. The summed E-state index contributed by atoms with van der Waals surface area (Å²) in [6, 6.07) is 6.99. The van der Waals surface area contributed by atoms with Crippen molar-refractivity contribution in [2.75, 3.05) is 0 Å². The van der Waals surface area contributed by atoms with E-state index < -0.39 is 0 Å². The Morgan fingerprint density at radius 1 is 1.18 bits per heavy atom. The highest BCUT2D eigenvalue weighted by molar-refractivity contribution is 5.85. The summed E-state index contributed by atoms with van der Waals surface area (Å²) < 4.78 is 0. The average molecular weight is 227 g/mol. The molecular formula is C16H21N. The zero-order valence-electron chi connectivity index (χ0n) is 10.7. The topological polar surface area (TPSA) is 15.8 Å². The Kier molecular flexibility index (Phi) is 2.92. The highest BCUT2D eigenvalue weighted by Crippen LogP contribution is 2.29. The number of benzene rings is 1. The van der Waals surface area contributed by atoms with Gasteiger partial charge in [-0.3, -0.25) is 0 Å². The molecule has 0 aliphatic heterocycles. The number of aromatic nitrogens is 1. The molecule has 0 amide bonds. The van der Waals surface area contributed by atoms with E-state index in [9.17, 15) is 0 Å². The first-order chi connectivity index (χ1) is 8.38. The fourth-order valence-electron chi connectivity index (χ4n) is 2.99. The fraction of sp³-hybridized carbons (Fsp3) is 0.500. The van der Waals surface area contributed by atoms with E-state index in [1.165, 1.54) is 67.1 Å². The lowest BCUT2D eigenvalue weighted by Crippen LogP contribution is -2.00. The summed E-state index contributed by atoms with van der Waals surface area (Å²) in [5.74, 6) is 0. The van der Waals surface area contributed by atoms with Crippen LogP contribution in [0.2, 0.25) is 0 Å². The van der Waals surface area contributed by atoms with E-state index in [4.69, 9.17) is 0 Å². The molecular weight excluding hydrogens is 206 g/mol. The van der Waals surface area contributed by atoms with Gasteiger partial charge in [0, 0.05) is 16.6 Å². The van der Waals surface area contributed by atoms with Crippen LogP contribution < -0.4 is 0 Å². The van der Waals surface area contributed by atoms with Crippen LogP contribution in [0.5, 0.6) is 0 Å². The Bertz CT molecular complexity index is 522. The zero-order valence-corrected chi connectivity index (χ0v) is 10.7. The predicted molar refractivity (Wildman–Crippen MR) is 73.6 cm³/mol. The molecule has 1 aromatic heterocycles. The van der Waals surface area contributed by atoms with E-state index in [2.05, 4.69) is 30.1 Å². The van der Waals surface area contributed by atoms with Crippen LogP contribution >= 0.6 is 0 Å². The van der Waals surface area contributed by atoms with Gasteiger partial charge in [-0.15, -0.1) is 0 Å². The maximum atomic E-state index is 3.60. The maximum absolute atomic E-state index is 3.60. The Morgan fingerprint density at radius 2 is 2.06 bits per heavy atom. The second-order valence-corrected chi connectivity index (χ2v) is 5.27. The monoisotopic (exact) mass is 227 g/mol. The Labute approximate surface area is 103 Å². The molecule has 1 N–H and O–H groups in total. The minimum absolute atomic E-state index is 1.23. The molecule has 1 heterocycles. The van der Waals surface area contributed by atoms with Gasteiger partial charge in [-0.1, -0.05) is 19.4 Å². The summed E-state index contributed by atoms with van der Waals surface area (Å²) in [4.78, 5) is 3.60. The number of hydrogen-bond donors (Lipinski definition) is 1. The number of aryl methyl sites for hydroxylation is 3. The summed E-state index contributed by atoms with van der Waals surface area (Å²) in [5.41, 5.74) is 5.95. The summed E-state index contributed by atoms with van der Waals surface area (Å²) in [6.07, 6.45) is 9.04. The second kappa shape index (κ2) is 4.56. The minimum Gasteiger partial charge on any atom is -0.358 e. The zero-order chi connectivity index (χ0) is 11.7. The molecule has 0 radical (unpaired) electrons. The SMILES string of the molecule is CCCCc1ccc2[nH]c3c(c2c1)CCCC3. The van der Waals surface area contributed by atoms with Gasteiger partial charge >= 0.3 is 0 Å². The van der Waals surface area contributed by atoms with Crippen molar-refractivity contribution in [1.82, 2.24) is 4.98 Å². The number of nitrogens with one attached hydrogen (secondary N) is 1. The molecule has 0 bridgehead atoms. The van der Waals surface area contributed by atoms with E-state index >= 15 is 0 Å². The summed E-state index contributed by atoms with van der Waals surface area (Å²) in [6.45, 7) is 2.26. The van der Waals surface area contributed by atoms with Gasteiger partial charge in [0.05, 0.1) is 0 Å². The highest BCUT2D eigenvalue weighted by atomic mass is 14.7. The average Bonchev–Trinajstić information content (AvgIpc) is 2.74. The molecule has 3 rings (SSSR count). The molecule has 0 saturated heterocycles. The quantitative estimate of drug-likeness (QED) is 0.800. The first-order valence-corrected chi connectivity index (χ1v) is 7.01. The van der Waals surface area contributed by atoms with E-state index in [0.29, 0.717) is 0 Å². The predicted octanol–water partition coefficient (Wildman–Crippen LogP) is 4.39. The van der Waals surface area contributed by atoms with E-state index in [0.717, 1.165) is 0 Å². The lowest BCUT2D eigenvalue weighted by Gasteiger charge is -2.10. The first kappa shape index (κ1) is 10.9. The lowest BCUT2D eigenvalue weighted by atomic mass is 9.95. The fourth-order valence-corrected chi connectivity index (χ4v) is 2.99. The van der Waals surface area contributed by atoms with Crippen LogP contribution in [0.15, 0.2) is 18.2 Å². The van der Waals surface area contributed by atoms with Gasteiger partial charge in [0.1, 0.15) is 0 Å². The smallest absolute Gasteiger partial charge is 0.0459 e. The van der Waals surface area contributed by atoms with Gasteiger partial charge in [-0.2, -0.15) is 0 Å².